The molecule has 18 heavy (non-hydrogen) atoms. The molecule has 1 heterocycles. The number of ether oxygens (including phenoxy) is 1. The number of aryl methyl sites for hydroxylation is 1. The van der Waals surface area contributed by atoms with Crippen LogP contribution in [0.15, 0.2) is 24.4 Å². The second-order valence-electron chi connectivity index (χ2n) is 4.91. The summed E-state index contributed by atoms with van der Waals surface area (Å²) in [5.74, 6) is 0.905. The Hall–Kier alpha value is -1.48. The number of methoxy groups -OCH3 is 1. The summed E-state index contributed by atoms with van der Waals surface area (Å²) >= 11 is 0. The van der Waals surface area contributed by atoms with Crippen LogP contribution in [-0.2, 0) is 13.0 Å². The second kappa shape index (κ2) is 5.44. The molecule has 2 N–H and O–H groups in total. The molecule has 0 spiro atoms. The minimum Gasteiger partial charge on any atom is -0.497 e. The summed E-state index contributed by atoms with van der Waals surface area (Å²) in [7, 11) is 1.70. The van der Waals surface area contributed by atoms with E-state index in [9.17, 15) is 0 Å². The van der Waals surface area contributed by atoms with Crippen LogP contribution in [0.3, 0.4) is 0 Å². The highest BCUT2D eigenvalue weighted by Gasteiger charge is 2.10. The van der Waals surface area contributed by atoms with Gasteiger partial charge in [0.1, 0.15) is 5.75 Å². The van der Waals surface area contributed by atoms with Crippen molar-refractivity contribution in [1.29, 1.82) is 0 Å². The summed E-state index contributed by atoms with van der Waals surface area (Å²) in [6.45, 7) is 5.28. The van der Waals surface area contributed by atoms with E-state index in [1.165, 1.54) is 16.5 Å². The largest absolute Gasteiger partial charge is 0.497 e. The predicted octanol–water partition coefficient (Wildman–Crippen LogP) is 2.95. The van der Waals surface area contributed by atoms with Crippen LogP contribution in [0.5, 0.6) is 5.75 Å². The molecule has 1 aromatic heterocycles. The van der Waals surface area contributed by atoms with Gasteiger partial charge >= 0.3 is 0 Å². The lowest BCUT2D eigenvalue weighted by atomic mass is 10.1. The average Bonchev–Trinajstić information content (AvgIpc) is 2.67. The molecule has 0 aliphatic heterocycles. The van der Waals surface area contributed by atoms with Gasteiger partial charge in [-0.2, -0.15) is 0 Å². The quantitative estimate of drug-likeness (QED) is 0.881. The molecular formula is C15H22N2O. The van der Waals surface area contributed by atoms with Gasteiger partial charge in [-0.15, -0.1) is 0 Å². The summed E-state index contributed by atoms with van der Waals surface area (Å²) < 4.78 is 7.62. The monoisotopic (exact) mass is 246 g/mol. The molecule has 0 saturated heterocycles. The topological polar surface area (TPSA) is 40.2 Å². The molecule has 0 aliphatic rings. The lowest BCUT2D eigenvalue weighted by Gasteiger charge is -2.04. The van der Waals surface area contributed by atoms with Crippen LogP contribution >= 0.6 is 0 Å². The lowest BCUT2D eigenvalue weighted by Crippen LogP contribution is -2.17. The Morgan fingerprint density at radius 1 is 1.39 bits per heavy atom. The highest BCUT2D eigenvalue weighted by molar-refractivity contribution is 5.85. The normalized spacial score (nSPS) is 12.9. The van der Waals surface area contributed by atoms with E-state index in [0.717, 1.165) is 25.1 Å². The summed E-state index contributed by atoms with van der Waals surface area (Å²) in [5, 5.41) is 1.26. The number of nitrogens with zero attached hydrogens (tertiary/aromatic N) is 1. The van der Waals surface area contributed by atoms with Gasteiger partial charge in [0, 0.05) is 29.7 Å². The summed E-state index contributed by atoms with van der Waals surface area (Å²) in [5.41, 5.74) is 8.51. The smallest absolute Gasteiger partial charge is 0.119 e. The zero-order chi connectivity index (χ0) is 13.1. The minimum absolute atomic E-state index is 0.178. The molecule has 98 valence electrons. The van der Waals surface area contributed by atoms with E-state index < -0.39 is 0 Å². The van der Waals surface area contributed by atoms with Crippen molar-refractivity contribution in [3.05, 3.63) is 30.0 Å². The maximum Gasteiger partial charge on any atom is 0.119 e. The first-order chi connectivity index (χ1) is 8.65. The number of rotatable bonds is 5. The van der Waals surface area contributed by atoms with Gasteiger partial charge in [0.25, 0.3) is 0 Å². The number of benzene rings is 1. The average molecular weight is 246 g/mol. The number of aromatic nitrogens is 1. The fourth-order valence-corrected chi connectivity index (χ4v) is 2.41. The third-order valence-corrected chi connectivity index (χ3v) is 3.18. The number of fused-ring (bicyclic) bond motifs is 1. The Morgan fingerprint density at radius 3 is 2.78 bits per heavy atom. The van der Waals surface area contributed by atoms with E-state index in [2.05, 4.69) is 29.8 Å². The Kier molecular flexibility index (Phi) is 3.92. The summed E-state index contributed by atoms with van der Waals surface area (Å²) in [6.07, 6.45) is 4.27. The van der Waals surface area contributed by atoms with Gasteiger partial charge < -0.3 is 15.0 Å². The highest BCUT2D eigenvalue weighted by Crippen LogP contribution is 2.27. The first-order valence-electron chi connectivity index (χ1n) is 6.57. The Labute approximate surface area is 109 Å². The third kappa shape index (κ3) is 2.51. The van der Waals surface area contributed by atoms with Gasteiger partial charge in [-0.25, -0.2) is 0 Å². The highest BCUT2D eigenvalue weighted by atomic mass is 16.5. The fourth-order valence-electron chi connectivity index (χ4n) is 2.41. The first-order valence-corrected chi connectivity index (χ1v) is 6.57. The van der Waals surface area contributed by atoms with Crippen molar-refractivity contribution < 1.29 is 4.74 Å². The van der Waals surface area contributed by atoms with Gasteiger partial charge in [-0.1, -0.05) is 6.92 Å². The summed E-state index contributed by atoms with van der Waals surface area (Å²) in [6, 6.07) is 6.44. The van der Waals surface area contributed by atoms with Crippen molar-refractivity contribution in [2.75, 3.05) is 7.11 Å². The van der Waals surface area contributed by atoms with Crippen LogP contribution < -0.4 is 10.5 Å². The minimum atomic E-state index is 0.178. The van der Waals surface area contributed by atoms with Crippen molar-refractivity contribution in [3.8, 4) is 5.75 Å². The van der Waals surface area contributed by atoms with Gasteiger partial charge in [-0.05, 0) is 43.5 Å². The molecular weight excluding hydrogens is 224 g/mol. The number of hydrogen-bond donors (Lipinski definition) is 1. The predicted molar refractivity (Wildman–Crippen MR) is 76.1 cm³/mol. The molecule has 0 fully saturated rings. The Morgan fingerprint density at radius 2 is 2.17 bits per heavy atom. The van der Waals surface area contributed by atoms with Gasteiger partial charge in [0.2, 0.25) is 0 Å². The van der Waals surface area contributed by atoms with Crippen molar-refractivity contribution in [2.45, 2.75) is 39.3 Å². The van der Waals surface area contributed by atoms with Crippen LogP contribution in [0.4, 0.5) is 0 Å². The van der Waals surface area contributed by atoms with Crippen molar-refractivity contribution in [2.24, 2.45) is 5.73 Å². The fraction of sp³-hybridized carbons (Fsp3) is 0.467. The standard InChI is InChI=1S/C15H22N2O/c1-4-7-17-10-12(8-11(2)16)14-9-13(18-3)5-6-15(14)17/h5-6,9-11H,4,7-8,16H2,1-3H3. The van der Waals surface area contributed by atoms with E-state index in [-0.39, 0.29) is 6.04 Å². The van der Waals surface area contributed by atoms with E-state index in [1.54, 1.807) is 7.11 Å². The molecule has 0 saturated carbocycles. The van der Waals surface area contributed by atoms with Crippen molar-refractivity contribution >= 4 is 10.9 Å². The van der Waals surface area contributed by atoms with Gasteiger partial charge in [0.15, 0.2) is 0 Å². The molecule has 0 amide bonds. The van der Waals surface area contributed by atoms with E-state index in [1.807, 2.05) is 13.0 Å². The molecule has 2 rings (SSSR count). The maximum absolute atomic E-state index is 5.93. The van der Waals surface area contributed by atoms with E-state index >= 15 is 0 Å². The zero-order valence-corrected chi connectivity index (χ0v) is 11.4. The molecule has 1 aromatic carbocycles. The molecule has 3 heteroatoms. The molecule has 0 radical (unpaired) electrons. The molecule has 3 nitrogen and oxygen atoms in total. The maximum atomic E-state index is 5.93. The zero-order valence-electron chi connectivity index (χ0n) is 11.4. The van der Waals surface area contributed by atoms with Crippen LogP contribution in [0.25, 0.3) is 10.9 Å². The SMILES string of the molecule is CCCn1cc(CC(C)N)c2cc(OC)ccc21. The number of hydrogen-bond acceptors (Lipinski definition) is 2. The second-order valence-corrected chi connectivity index (χ2v) is 4.91. The molecule has 0 bridgehead atoms. The first kappa shape index (κ1) is 13.0. The Balaban J connectivity index is 2.53. The third-order valence-electron chi connectivity index (χ3n) is 3.18. The lowest BCUT2D eigenvalue weighted by molar-refractivity contribution is 0.415. The summed E-state index contributed by atoms with van der Waals surface area (Å²) in [4.78, 5) is 0. The molecule has 0 aliphatic carbocycles. The van der Waals surface area contributed by atoms with Crippen molar-refractivity contribution in [1.82, 2.24) is 4.57 Å². The van der Waals surface area contributed by atoms with Crippen LogP contribution in [0.2, 0.25) is 0 Å². The van der Waals surface area contributed by atoms with Gasteiger partial charge in [0.05, 0.1) is 7.11 Å². The molecule has 1 atom stereocenters. The van der Waals surface area contributed by atoms with Crippen LogP contribution in [0, 0.1) is 0 Å². The van der Waals surface area contributed by atoms with Crippen LogP contribution in [-0.4, -0.2) is 17.7 Å². The van der Waals surface area contributed by atoms with E-state index in [0.29, 0.717) is 0 Å². The van der Waals surface area contributed by atoms with E-state index in [4.69, 9.17) is 10.5 Å². The van der Waals surface area contributed by atoms with Crippen LogP contribution in [0.1, 0.15) is 25.8 Å². The number of nitrogens with two attached hydrogens (primary N) is 1. The van der Waals surface area contributed by atoms with Crippen molar-refractivity contribution in [3.63, 3.8) is 0 Å². The van der Waals surface area contributed by atoms with Gasteiger partial charge in [-0.3, -0.25) is 0 Å². The Bertz CT molecular complexity index is 529. The molecule has 2 aromatic rings. The molecule has 1 unspecified atom stereocenters.